The zero-order valence-electron chi connectivity index (χ0n) is 23.8. The molecule has 208 valence electrons. The molecule has 6 heteroatoms. The highest BCUT2D eigenvalue weighted by Gasteiger charge is 2.37. The Morgan fingerprint density at radius 2 is 1.28 bits per heavy atom. The maximum atomic E-state index is 6.59. The fraction of sp³-hybridized carbons (Fsp3) is 0.0541. The predicted molar refractivity (Wildman–Crippen MR) is 178 cm³/mol. The van der Waals surface area contributed by atoms with Gasteiger partial charge in [-0.15, -0.1) is 0 Å². The second-order valence-corrected chi connectivity index (χ2v) is 16.6. The molecule has 0 bridgehead atoms. The van der Waals surface area contributed by atoms with Crippen molar-refractivity contribution >= 4 is 47.3 Å². The molecule has 6 aromatic rings. The van der Waals surface area contributed by atoms with Crippen LogP contribution in [0.2, 0.25) is 13.1 Å². The second-order valence-electron chi connectivity index (χ2n) is 11.2. The first-order valence-electron chi connectivity index (χ1n) is 14.4. The Balaban J connectivity index is 1.33. The van der Waals surface area contributed by atoms with E-state index in [0.717, 1.165) is 34.1 Å². The van der Waals surface area contributed by atoms with Gasteiger partial charge in [-0.2, -0.15) is 0 Å². The van der Waals surface area contributed by atoms with Gasteiger partial charge in [0.2, 0.25) is 0 Å². The molecule has 4 nitrogen and oxygen atoms in total. The van der Waals surface area contributed by atoms with E-state index < -0.39 is 8.07 Å². The summed E-state index contributed by atoms with van der Waals surface area (Å²) in [6.07, 6.45) is 1.83. The topological polar surface area (TPSA) is 34.6 Å². The fourth-order valence-electron chi connectivity index (χ4n) is 6.06. The fourth-order valence-corrected chi connectivity index (χ4v) is 11.6. The minimum atomic E-state index is -1.95. The van der Waals surface area contributed by atoms with Crippen LogP contribution in [0, 0.1) is 0 Å². The molecule has 0 spiro atoms. The van der Waals surface area contributed by atoms with Gasteiger partial charge in [0.05, 0.1) is 17.1 Å². The Bertz CT molecular complexity index is 1990. The van der Waals surface area contributed by atoms with Crippen LogP contribution in [0.25, 0.3) is 11.3 Å². The van der Waals surface area contributed by atoms with E-state index in [1.54, 1.807) is 0 Å². The minimum absolute atomic E-state index is 0.698. The molecular formula is C37H28N2O2SSi. The number of rotatable bonds is 4. The van der Waals surface area contributed by atoms with E-state index in [2.05, 4.69) is 95.8 Å². The molecule has 0 amide bonds. The molecule has 43 heavy (non-hydrogen) atoms. The highest BCUT2D eigenvalue weighted by Crippen LogP contribution is 2.53. The van der Waals surface area contributed by atoms with Crippen LogP contribution in [0.3, 0.4) is 0 Å². The lowest BCUT2D eigenvalue weighted by Gasteiger charge is -2.37. The van der Waals surface area contributed by atoms with E-state index in [-0.39, 0.29) is 0 Å². The van der Waals surface area contributed by atoms with Gasteiger partial charge in [0.15, 0.2) is 23.0 Å². The Kier molecular flexibility index (Phi) is 6.13. The van der Waals surface area contributed by atoms with E-state index in [1.165, 1.54) is 20.2 Å². The van der Waals surface area contributed by atoms with E-state index in [9.17, 15) is 0 Å². The van der Waals surface area contributed by atoms with Crippen molar-refractivity contribution < 1.29 is 9.47 Å². The number of anilines is 3. The summed E-state index contributed by atoms with van der Waals surface area (Å²) >= 11 is 1.87. The number of para-hydroxylation sites is 3. The van der Waals surface area contributed by atoms with Crippen molar-refractivity contribution in [1.82, 2.24) is 4.98 Å². The Morgan fingerprint density at radius 1 is 0.605 bits per heavy atom. The first kappa shape index (κ1) is 25.9. The minimum Gasteiger partial charge on any atom is -0.449 e. The van der Waals surface area contributed by atoms with Gasteiger partial charge in [0.1, 0.15) is 8.07 Å². The standard InChI is InChI=1S/C37H28N2O2SSi/c1-43(2)34-18-6-5-17-33(34)42-37-29(13-10-19-35(37)43)39(26-22-20-25(21-23-26)27-11-7-8-24-38-27)28-12-9-16-32-36(28)41-31-15-4-3-14-30(31)40-32/h3-24H,1-2H3. The van der Waals surface area contributed by atoms with E-state index in [1.807, 2.05) is 72.6 Å². The quantitative estimate of drug-likeness (QED) is 0.190. The van der Waals surface area contributed by atoms with E-state index >= 15 is 0 Å². The third kappa shape index (κ3) is 4.33. The molecule has 8 rings (SSSR count). The number of hydrogen-bond donors (Lipinski definition) is 0. The van der Waals surface area contributed by atoms with Crippen molar-refractivity contribution in [3.05, 3.63) is 134 Å². The zero-order valence-corrected chi connectivity index (χ0v) is 25.6. The lowest BCUT2D eigenvalue weighted by atomic mass is 10.1. The molecule has 0 unspecified atom stereocenters. The SMILES string of the molecule is C[Si]1(C)c2ccccc2Sc2c(N(c3ccc(-c4ccccn4)cc3)c3cccc4c3Oc3ccccc3O4)cccc21. The molecule has 2 aliphatic rings. The van der Waals surface area contributed by atoms with E-state index in [0.29, 0.717) is 17.2 Å². The highest BCUT2D eigenvalue weighted by atomic mass is 32.2. The maximum Gasteiger partial charge on any atom is 0.194 e. The van der Waals surface area contributed by atoms with Crippen LogP contribution < -0.4 is 24.7 Å². The van der Waals surface area contributed by atoms with Crippen molar-refractivity contribution in [3.8, 4) is 34.3 Å². The average Bonchev–Trinajstić information content (AvgIpc) is 3.05. The summed E-state index contributed by atoms with van der Waals surface area (Å²) < 4.78 is 12.9. The van der Waals surface area contributed by atoms with Crippen LogP contribution in [0.5, 0.6) is 23.0 Å². The number of nitrogens with zero attached hydrogens (tertiary/aromatic N) is 2. The van der Waals surface area contributed by atoms with Crippen molar-refractivity contribution in [2.75, 3.05) is 4.90 Å². The Hall–Kier alpha value is -4.78. The molecule has 1 aromatic heterocycles. The molecule has 0 radical (unpaired) electrons. The lowest BCUT2D eigenvalue weighted by Crippen LogP contribution is -2.56. The van der Waals surface area contributed by atoms with Gasteiger partial charge in [0, 0.05) is 27.2 Å². The molecule has 3 heterocycles. The molecule has 5 aromatic carbocycles. The number of hydrogen-bond acceptors (Lipinski definition) is 5. The van der Waals surface area contributed by atoms with Gasteiger partial charge in [-0.1, -0.05) is 91.6 Å². The summed E-state index contributed by atoms with van der Waals surface area (Å²) in [6.45, 7) is 4.91. The first-order chi connectivity index (χ1) is 21.1. The van der Waals surface area contributed by atoms with Crippen molar-refractivity contribution in [1.29, 1.82) is 0 Å². The summed E-state index contributed by atoms with van der Waals surface area (Å²) in [4.78, 5) is 9.52. The third-order valence-corrected chi connectivity index (χ3v) is 13.4. The number of pyridine rings is 1. The van der Waals surface area contributed by atoms with Gasteiger partial charge in [-0.25, -0.2) is 0 Å². The number of ether oxygens (including phenoxy) is 2. The van der Waals surface area contributed by atoms with Crippen LogP contribution in [-0.2, 0) is 0 Å². The lowest BCUT2D eigenvalue weighted by molar-refractivity contribution is 0.360. The Morgan fingerprint density at radius 3 is 2.09 bits per heavy atom. The predicted octanol–water partition coefficient (Wildman–Crippen LogP) is 9.40. The van der Waals surface area contributed by atoms with Crippen LogP contribution in [0.1, 0.15) is 0 Å². The zero-order chi connectivity index (χ0) is 29.0. The molecule has 0 N–H and O–H groups in total. The van der Waals surface area contributed by atoms with Crippen LogP contribution in [0.4, 0.5) is 17.1 Å². The summed E-state index contributed by atoms with van der Waals surface area (Å²) in [6, 6.07) is 44.2. The van der Waals surface area contributed by atoms with Gasteiger partial charge < -0.3 is 14.4 Å². The normalized spacial score (nSPS) is 13.8. The number of fused-ring (bicyclic) bond motifs is 4. The van der Waals surface area contributed by atoms with Crippen LogP contribution in [0.15, 0.2) is 143 Å². The van der Waals surface area contributed by atoms with E-state index in [4.69, 9.17) is 9.47 Å². The van der Waals surface area contributed by atoms with Crippen LogP contribution in [-0.4, -0.2) is 13.1 Å². The number of aromatic nitrogens is 1. The Labute approximate surface area is 256 Å². The van der Waals surface area contributed by atoms with Crippen LogP contribution >= 0.6 is 11.8 Å². The largest absolute Gasteiger partial charge is 0.449 e. The third-order valence-electron chi connectivity index (χ3n) is 8.25. The maximum absolute atomic E-state index is 6.59. The van der Waals surface area contributed by atoms with Crippen molar-refractivity contribution in [3.63, 3.8) is 0 Å². The second kappa shape index (κ2) is 10.2. The molecular weight excluding hydrogens is 565 g/mol. The van der Waals surface area contributed by atoms with Crippen molar-refractivity contribution in [2.24, 2.45) is 0 Å². The summed E-state index contributed by atoms with van der Waals surface area (Å²) in [5.74, 6) is 2.82. The molecule has 0 saturated heterocycles. The molecule has 0 fully saturated rings. The number of benzene rings is 5. The molecule has 0 aliphatic carbocycles. The first-order valence-corrected chi connectivity index (χ1v) is 18.2. The summed E-state index contributed by atoms with van der Waals surface area (Å²) in [5, 5.41) is 2.93. The molecule has 0 atom stereocenters. The summed E-state index contributed by atoms with van der Waals surface area (Å²) in [7, 11) is -1.95. The summed E-state index contributed by atoms with van der Waals surface area (Å²) in [5.41, 5.74) is 5.09. The van der Waals surface area contributed by atoms with Gasteiger partial charge in [0.25, 0.3) is 0 Å². The van der Waals surface area contributed by atoms with Gasteiger partial charge in [-0.3, -0.25) is 4.98 Å². The average molecular weight is 593 g/mol. The highest BCUT2D eigenvalue weighted by molar-refractivity contribution is 8.00. The van der Waals surface area contributed by atoms with Gasteiger partial charge >= 0.3 is 0 Å². The monoisotopic (exact) mass is 592 g/mol. The molecule has 2 aliphatic heterocycles. The smallest absolute Gasteiger partial charge is 0.194 e. The molecule has 0 saturated carbocycles. The van der Waals surface area contributed by atoms with Gasteiger partial charge in [-0.05, 0) is 71.0 Å². The van der Waals surface area contributed by atoms with Crippen molar-refractivity contribution in [2.45, 2.75) is 22.9 Å².